The largest absolute Gasteiger partial charge is 0.396 e. The number of halogens is 1. The minimum Gasteiger partial charge on any atom is -0.396 e. The Hall–Kier alpha value is -1.04. The molecule has 1 unspecified atom stereocenters. The van der Waals surface area contributed by atoms with Gasteiger partial charge in [0.05, 0.1) is 18.9 Å². The summed E-state index contributed by atoms with van der Waals surface area (Å²) in [5.41, 5.74) is 6.47. The Kier molecular flexibility index (Phi) is 4.63. The summed E-state index contributed by atoms with van der Waals surface area (Å²) in [4.78, 5) is 6.55. The van der Waals surface area contributed by atoms with Gasteiger partial charge in [-0.05, 0) is 19.1 Å². The van der Waals surface area contributed by atoms with Crippen LogP contribution in [0.15, 0.2) is 12.1 Å². The first-order valence-electron chi connectivity index (χ1n) is 6.14. The van der Waals surface area contributed by atoms with E-state index in [4.69, 9.17) is 22.1 Å². The molecule has 0 saturated carbocycles. The van der Waals surface area contributed by atoms with Crippen molar-refractivity contribution in [2.75, 3.05) is 43.9 Å². The van der Waals surface area contributed by atoms with Crippen molar-refractivity contribution in [1.82, 2.24) is 9.88 Å². The van der Waals surface area contributed by atoms with Crippen LogP contribution in [0.4, 0.5) is 11.5 Å². The zero-order chi connectivity index (χ0) is 13.0. The lowest BCUT2D eigenvalue weighted by atomic mass is 10.2. The summed E-state index contributed by atoms with van der Waals surface area (Å²) < 4.78 is 5.32. The summed E-state index contributed by atoms with van der Waals surface area (Å²) in [7, 11) is 0. The van der Waals surface area contributed by atoms with Crippen molar-refractivity contribution in [3.8, 4) is 0 Å². The molecule has 0 spiro atoms. The molecule has 6 heteroatoms. The Labute approximate surface area is 112 Å². The van der Waals surface area contributed by atoms with E-state index >= 15 is 0 Å². The van der Waals surface area contributed by atoms with Gasteiger partial charge >= 0.3 is 0 Å². The first-order chi connectivity index (χ1) is 8.65. The summed E-state index contributed by atoms with van der Waals surface area (Å²) in [5.74, 6) is 0.656. The van der Waals surface area contributed by atoms with Gasteiger partial charge in [0.1, 0.15) is 5.15 Å². The van der Waals surface area contributed by atoms with Crippen LogP contribution in [-0.4, -0.2) is 48.8 Å². The third kappa shape index (κ3) is 3.73. The number of aromatic nitrogens is 1. The van der Waals surface area contributed by atoms with Crippen LogP contribution in [0.3, 0.4) is 0 Å². The molecule has 5 nitrogen and oxygen atoms in total. The Balaban J connectivity index is 1.89. The third-order valence-corrected chi connectivity index (χ3v) is 3.12. The normalized spacial score (nSPS) is 18.6. The Morgan fingerprint density at radius 3 is 2.94 bits per heavy atom. The van der Waals surface area contributed by atoms with E-state index < -0.39 is 0 Å². The van der Waals surface area contributed by atoms with Crippen LogP contribution in [0, 0.1) is 0 Å². The van der Waals surface area contributed by atoms with Crippen molar-refractivity contribution in [1.29, 1.82) is 0 Å². The van der Waals surface area contributed by atoms with Crippen LogP contribution in [0.25, 0.3) is 0 Å². The van der Waals surface area contributed by atoms with Gasteiger partial charge in [0, 0.05) is 25.7 Å². The quantitative estimate of drug-likeness (QED) is 0.811. The fourth-order valence-corrected chi connectivity index (χ4v) is 2.16. The molecule has 0 radical (unpaired) electrons. The molecule has 2 rings (SSSR count). The molecule has 100 valence electrons. The fourth-order valence-electron chi connectivity index (χ4n) is 2.01. The first kappa shape index (κ1) is 13.4. The summed E-state index contributed by atoms with van der Waals surface area (Å²) in [6.45, 7) is 6.62. The molecule has 0 aliphatic carbocycles. The van der Waals surface area contributed by atoms with Gasteiger partial charge in [-0.1, -0.05) is 11.6 Å². The standard InChI is InChI=1S/C12H19ClN4O/c1-9(8-17-4-6-18-7-5-17)15-12-10(14)2-3-11(13)16-12/h2-3,9H,4-8,14H2,1H3,(H,15,16). The highest BCUT2D eigenvalue weighted by Crippen LogP contribution is 2.19. The van der Waals surface area contributed by atoms with E-state index in [9.17, 15) is 0 Å². The second-order valence-corrected chi connectivity index (χ2v) is 4.92. The number of hydrogen-bond acceptors (Lipinski definition) is 5. The summed E-state index contributed by atoms with van der Waals surface area (Å²) in [6.07, 6.45) is 0. The van der Waals surface area contributed by atoms with Crippen molar-refractivity contribution in [2.45, 2.75) is 13.0 Å². The van der Waals surface area contributed by atoms with E-state index in [1.807, 2.05) is 0 Å². The number of rotatable bonds is 4. The van der Waals surface area contributed by atoms with Crippen LogP contribution in [-0.2, 0) is 4.74 Å². The smallest absolute Gasteiger partial charge is 0.151 e. The minimum absolute atomic E-state index is 0.261. The van der Waals surface area contributed by atoms with E-state index in [1.165, 1.54) is 0 Å². The molecule has 1 aromatic heterocycles. The van der Waals surface area contributed by atoms with Gasteiger partial charge in [0.2, 0.25) is 0 Å². The maximum atomic E-state index is 5.86. The average Bonchev–Trinajstić information content (AvgIpc) is 2.35. The van der Waals surface area contributed by atoms with E-state index in [0.717, 1.165) is 32.8 Å². The molecular formula is C12H19ClN4O. The maximum Gasteiger partial charge on any atom is 0.151 e. The molecule has 0 amide bonds. The van der Waals surface area contributed by atoms with Crippen LogP contribution in [0.5, 0.6) is 0 Å². The number of nitrogens with two attached hydrogens (primary N) is 1. The van der Waals surface area contributed by atoms with Crippen molar-refractivity contribution >= 4 is 23.1 Å². The summed E-state index contributed by atoms with van der Waals surface area (Å²) in [5, 5.41) is 3.74. The van der Waals surface area contributed by atoms with Crippen molar-refractivity contribution in [3.63, 3.8) is 0 Å². The van der Waals surface area contributed by atoms with Gasteiger partial charge in [0.25, 0.3) is 0 Å². The number of morpholine rings is 1. The number of nitrogens with zero attached hydrogens (tertiary/aromatic N) is 2. The van der Waals surface area contributed by atoms with E-state index in [0.29, 0.717) is 16.7 Å². The van der Waals surface area contributed by atoms with E-state index in [-0.39, 0.29) is 6.04 Å². The zero-order valence-corrected chi connectivity index (χ0v) is 11.3. The molecule has 1 aliphatic rings. The first-order valence-corrected chi connectivity index (χ1v) is 6.51. The number of nitrogens with one attached hydrogen (secondary N) is 1. The molecule has 1 saturated heterocycles. The lowest BCUT2D eigenvalue weighted by Gasteiger charge is -2.29. The topological polar surface area (TPSA) is 63.4 Å². The van der Waals surface area contributed by atoms with Crippen LogP contribution >= 0.6 is 11.6 Å². The molecule has 0 bridgehead atoms. The molecule has 18 heavy (non-hydrogen) atoms. The average molecular weight is 271 g/mol. The molecule has 3 N–H and O–H groups in total. The molecule has 2 heterocycles. The number of hydrogen-bond donors (Lipinski definition) is 2. The molecule has 0 aromatic carbocycles. The van der Waals surface area contributed by atoms with Crippen molar-refractivity contribution in [2.24, 2.45) is 0 Å². The fraction of sp³-hybridized carbons (Fsp3) is 0.583. The molecule has 1 aliphatic heterocycles. The highest BCUT2D eigenvalue weighted by Gasteiger charge is 2.14. The highest BCUT2D eigenvalue weighted by atomic mass is 35.5. The molecular weight excluding hydrogens is 252 g/mol. The van der Waals surface area contributed by atoms with Gasteiger partial charge in [0.15, 0.2) is 5.82 Å². The predicted octanol–water partition coefficient (Wildman–Crippen LogP) is 1.45. The minimum atomic E-state index is 0.261. The van der Waals surface area contributed by atoms with Gasteiger partial charge in [-0.3, -0.25) is 4.90 Å². The number of pyridine rings is 1. The molecule has 1 fully saturated rings. The molecule has 1 atom stereocenters. The Morgan fingerprint density at radius 1 is 1.50 bits per heavy atom. The number of anilines is 2. The second kappa shape index (κ2) is 6.22. The Morgan fingerprint density at radius 2 is 2.22 bits per heavy atom. The van der Waals surface area contributed by atoms with Gasteiger partial charge in [-0.15, -0.1) is 0 Å². The SMILES string of the molecule is CC(CN1CCOCC1)Nc1nc(Cl)ccc1N. The van der Waals surface area contributed by atoms with Crippen LogP contribution in [0.2, 0.25) is 5.15 Å². The number of ether oxygens (including phenoxy) is 1. The number of nitrogen functional groups attached to an aromatic ring is 1. The maximum absolute atomic E-state index is 5.86. The van der Waals surface area contributed by atoms with Gasteiger partial charge in [-0.25, -0.2) is 4.98 Å². The van der Waals surface area contributed by atoms with Crippen LogP contribution < -0.4 is 11.1 Å². The predicted molar refractivity (Wildman–Crippen MR) is 74.0 cm³/mol. The lowest BCUT2D eigenvalue weighted by Crippen LogP contribution is -2.42. The monoisotopic (exact) mass is 270 g/mol. The Bertz CT molecular complexity index is 396. The summed E-state index contributed by atoms with van der Waals surface area (Å²) in [6, 6.07) is 3.71. The second-order valence-electron chi connectivity index (χ2n) is 4.53. The lowest BCUT2D eigenvalue weighted by molar-refractivity contribution is 0.0368. The van der Waals surface area contributed by atoms with Crippen molar-refractivity contribution in [3.05, 3.63) is 17.3 Å². The van der Waals surface area contributed by atoms with Gasteiger partial charge < -0.3 is 15.8 Å². The van der Waals surface area contributed by atoms with E-state index in [1.54, 1.807) is 12.1 Å². The summed E-state index contributed by atoms with van der Waals surface area (Å²) >= 11 is 5.86. The molecule has 1 aromatic rings. The third-order valence-electron chi connectivity index (χ3n) is 2.91. The highest BCUT2D eigenvalue weighted by molar-refractivity contribution is 6.29. The van der Waals surface area contributed by atoms with Crippen molar-refractivity contribution < 1.29 is 4.74 Å². The van der Waals surface area contributed by atoms with Crippen LogP contribution in [0.1, 0.15) is 6.92 Å². The van der Waals surface area contributed by atoms with Gasteiger partial charge in [-0.2, -0.15) is 0 Å². The van der Waals surface area contributed by atoms with E-state index in [2.05, 4.69) is 22.1 Å². The zero-order valence-electron chi connectivity index (χ0n) is 10.5.